The summed E-state index contributed by atoms with van der Waals surface area (Å²) in [4.78, 5) is 59.9. The van der Waals surface area contributed by atoms with Gasteiger partial charge in [0.2, 0.25) is 11.8 Å². The molecule has 1 aromatic carbocycles. The number of rotatable bonds is 9. The molecule has 164 valence electrons. The first-order chi connectivity index (χ1) is 13.9. The van der Waals surface area contributed by atoms with Crippen molar-refractivity contribution in [1.82, 2.24) is 4.90 Å². The van der Waals surface area contributed by atoms with Crippen LogP contribution >= 0.6 is 67.8 Å². The van der Waals surface area contributed by atoms with Crippen molar-refractivity contribution in [2.75, 3.05) is 24.7 Å². The lowest BCUT2D eigenvalue weighted by Crippen LogP contribution is -2.26. The summed E-state index contributed by atoms with van der Waals surface area (Å²) in [7, 11) is 3.12. The minimum Gasteiger partial charge on any atom is -0.481 e. The van der Waals surface area contributed by atoms with Crippen LogP contribution in [0.5, 0.6) is 0 Å². The Labute approximate surface area is 212 Å². The van der Waals surface area contributed by atoms with Crippen LogP contribution < -0.4 is 10.6 Å². The fourth-order valence-electron chi connectivity index (χ4n) is 2.14. The lowest BCUT2D eigenvalue weighted by atomic mass is 10.1. The minimum absolute atomic E-state index is 0.253. The number of carbonyl (C=O) groups is 5. The fraction of sp³-hybridized carbons (Fsp3) is 0.353. The van der Waals surface area contributed by atoms with Gasteiger partial charge in [-0.25, -0.2) is 0 Å². The van der Waals surface area contributed by atoms with Gasteiger partial charge in [0.15, 0.2) is 0 Å². The van der Waals surface area contributed by atoms with Crippen LogP contribution in [0.3, 0.4) is 0 Å². The van der Waals surface area contributed by atoms with E-state index >= 15 is 0 Å². The fourth-order valence-corrected chi connectivity index (χ4v) is 6.31. The van der Waals surface area contributed by atoms with Gasteiger partial charge in [0, 0.05) is 26.9 Å². The molecule has 0 bridgehead atoms. The van der Waals surface area contributed by atoms with E-state index in [9.17, 15) is 24.0 Å². The van der Waals surface area contributed by atoms with Crippen LogP contribution in [0.2, 0.25) is 0 Å². The van der Waals surface area contributed by atoms with Gasteiger partial charge in [0.1, 0.15) is 0 Å². The van der Waals surface area contributed by atoms with Gasteiger partial charge >= 0.3 is 11.9 Å². The molecule has 4 N–H and O–H groups in total. The zero-order valence-electron chi connectivity index (χ0n) is 15.8. The third-order valence-electron chi connectivity index (χ3n) is 3.60. The average Bonchev–Trinajstić information content (AvgIpc) is 2.65. The van der Waals surface area contributed by atoms with E-state index in [4.69, 9.17) is 10.2 Å². The average molecular weight is 757 g/mol. The molecule has 0 spiro atoms. The van der Waals surface area contributed by atoms with E-state index in [0.29, 0.717) is 10.7 Å². The predicted octanol–water partition coefficient (Wildman–Crippen LogP) is 2.81. The number of aliphatic carboxylic acids is 2. The quantitative estimate of drug-likeness (QED) is 0.283. The summed E-state index contributed by atoms with van der Waals surface area (Å²) in [5, 5.41) is 22.8. The van der Waals surface area contributed by atoms with Crippen LogP contribution in [0.25, 0.3) is 0 Å². The molecule has 13 heteroatoms. The number of carboxylic acid groups (broad SMARTS) is 2. The summed E-state index contributed by atoms with van der Waals surface area (Å²) in [6, 6.07) is 0. The molecular formula is C17H18I3N3O7. The van der Waals surface area contributed by atoms with E-state index in [1.807, 2.05) is 67.8 Å². The lowest BCUT2D eigenvalue weighted by Gasteiger charge is -2.21. The Hall–Kier alpha value is -1.24. The predicted molar refractivity (Wildman–Crippen MR) is 134 cm³/mol. The number of halogens is 3. The number of hydrogen-bond acceptors (Lipinski definition) is 5. The van der Waals surface area contributed by atoms with Crippen LogP contribution in [0.15, 0.2) is 0 Å². The molecule has 0 unspecified atom stereocenters. The molecule has 0 radical (unpaired) electrons. The van der Waals surface area contributed by atoms with Gasteiger partial charge in [0.25, 0.3) is 5.91 Å². The molecule has 0 saturated heterocycles. The van der Waals surface area contributed by atoms with E-state index < -0.39 is 23.8 Å². The van der Waals surface area contributed by atoms with Gasteiger partial charge in [-0.3, -0.25) is 24.0 Å². The number of carboxylic acids is 2. The Morgan fingerprint density at radius 1 is 0.733 bits per heavy atom. The summed E-state index contributed by atoms with van der Waals surface area (Å²) in [5.41, 5.74) is 0.792. The van der Waals surface area contributed by atoms with Crippen LogP contribution in [0.1, 0.15) is 36.0 Å². The maximum atomic E-state index is 12.7. The summed E-state index contributed by atoms with van der Waals surface area (Å²) >= 11 is 5.73. The third-order valence-corrected chi connectivity index (χ3v) is 6.83. The summed E-state index contributed by atoms with van der Waals surface area (Å²) < 4.78 is 1.31. The maximum Gasteiger partial charge on any atom is 0.303 e. The molecule has 0 aliphatic heterocycles. The highest BCUT2D eigenvalue weighted by Gasteiger charge is 2.27. The van der Waals surface area contributed by atoms with Gasteiger partial charge in [0.05, 0.1) is 40.5 Å². The van der Waals surface area contributed by atoms with Crippen LogP contribution in [-0.2, 0) is 19.2 Å². The Morgan fingerprint density at radius 3 is 1.40 bits per heavy atom. The minimum atomic E-state index is -1.12. The highest BCUT2D eigenvalue weighted by atomic mass is 127. The normalized spacial score (nSPS) is 10.3. The van der Waals surface area contributed by atoms with E-state index in [1.54, 1.807) is 14.1 Å². The zero-order valence-corrected chi connectivity index (χ0v) is 22.3. The van der Waals surface area contributed by atoms with Crippen molar-refractivity contribution < 1.29 is 34.2 Å². The van der Waals surface area contributed by atoms with Gasteiger partial charge in [-0.2, -0.15) is 0 Å². The van der Waals surface area contributed by atoms with Crippen molar-refractivity contribution in [2.45, 2.75) is 25.7 Å². The van der Waals surface area contributed by atoms with Gasteiger partial charge in [-0.15, -0.1) is 0 Å². The summed E-state index contributed by atoms with van der Waals surface area (Å²) in [5.74, 6) is -3.71. The van der Waals surface area contributed by atoms with Crippen LogP contribution in [0, 0.1) is 10.7 Å². The second kappa shape index (κ2) is 12.0. The second-order valence-electron chi connectivity index (χ2n) is 6.15. The van der Waals surface area contributed by atoms with Crippen molar-refractivity contribution in [3.05, 3.63) is 16.3 Å². The molecule has 0 atom stereocenters. The molecule has 10 nitrogen and oxygen atoms in total. The second-order valence-corrected chi connectivity index (χ2v) is 9.39. The number of carbonyl (C=O) groups excluding carboxylic acids is 3. The maximum absolute atomic E-state index is 12.7. The molecule has 1 aromatic rings. The van der Waals surface area contributed by atoms with E-state index in [2.05, 4.69) is 10.6 Å². The summed E-state index contributed by atoms with van der Waals surface area (Å²) in [6.07, 6.45) is -1.23. The van der Waals surface area contributed by atoms with Crippen molar-refractivity contribution in [2.24, 2.45) is 0 Å². The van der Waals surface area contributed by atoms with Crippen LogP contribution in [-0.4, -0.2) is 58.9 Å². The largest absolute Gasteiger partial charge is 0.481 e. The molecule has 0 saturated carbocycles. The molecule has 1 rings (SSSR count). The lowest BCUT2D eigenvalue weighted by molar-refractivity contribution is -0.138. The monoisotopic (exact) mass is 757 g/mol. The van der Waals surface area contributed by atoms with Crippen molar-refractivity contribution >= 4 is 109 Å². The molecule has 3 amide bonds. The van der Waals surface area contributed by atoms with E-state index in [0.717, 1.165) is 0 Å². The molecule has 0 aliphatic rings. The molecule has 0 heterocycles. The smallest absolute Gasteiger partial charge is 0.303 e. The van der Waals surface area contributed by atoms with E-state index in [-0.39, 0.29) is 48.5 Å². The zero-order chi connectivity index (χ0) is 23.2. The highest BCUT2D eigenvalue weighted by Crippen LogP contribution is 2.39. The molecule has 0 fully saturated rings. The number of benzene rings is 1. The number of anilines is 2. The number of nitrogens with zero attached hydrogens (tertiary/aromatic N) is 1. The molecule has 0 aromatic heterocycles. The topological polar surface area (TPSA) is 153 Å². The van der Waals surface area contributed by atoms with Crippen molar-refractivity contribution in [3.8, 4) is 0 Å². The molecular weight excluding hydrogens is 739 g/mol. The van der Waals surface area contributed by atoms with Crippen molar-refractivity contribution in [3.63, 3.8) is 0 Å². The highest BCUT2D eigenvalue weighted by molar-refractivity contribution is 14.1. The van der Waals surface area contributed by atoms with Crippen LogP contribution in [0.4, 0.5) is 11.4 Å². The SMILES string of the molecule is CN(C)C(=O)c1c(I)c(NC(=O)CCC(=O)O)c(I)c(NC(=O)CCC(=O)O)c1I. The molecule has 30 heavy (non-hydrogen) atoms. The van der Waals surface area contributed by atoms with Gasteiger partial charge in [-0.1, -0.05) is 0 Å². The summed E-state index contributed by atoms with van der Waals surface area (Å²) in [6.45, 7) is 0. The van der Waals surface area contributed by atoms with E-state index in [1.165, 1.54) is 4.90 Å². The Morgan fingerprint density at radius 2 is 1.10 bits per heavy atom. The Balaban J connectivity index is 3.45. The number of nitrogens with one attached hydrogen (secondary N) is 2. The first-order valence-electron chi connectivity index (χ1n) is 8.32. The third kappa shape index (κ3) is 7.47. The van der Waals surface area contributed by atoms with Gasteiger partial charge < -0.3 is 25.7 Å². The van der Waals surface area contributed by atoms with Gasteiger partial charge in [-0.05, 0) is 67.8 Å². The standard InChI is InChI=1S/C17H18I3N3O7/c1-23(2)17(30)11-12(18)15(21-7(24)3-5-9(26)27)14(20)16(13(11)19)22-8(25)4-6-10(28)29/h3-6H2,1-2H3,(H,21,24)(H,22,25)(H,26,27)(H,28,29). The first kappa shape index (κ1) is 26.8. The number of hydrogen-bond donors (Lipinski definition) is 4. The Bertz CT molecular complexity index is 844. The Kier molecular flexibility index (Phi) is 10.7. The number of amides is 3. The molecule has 0 aliphatic carbocycles. The first-order valence-corrected chi connectivity index (χ1v) is 11.6. The van der Waals surface area contributed by atoms with Crippen molar-refractivity contribution in [1.29, 1.82) is 0 Å².